The van der Waals surface area contributed by atoms with Crippen LogP contribution >= 0.6 is 11.6 Å². The number of fused-ring (bicyclic) bond motifs is 1. The quantitative estimate of drug-likeness (QED) is 0.335. The van der Waals surface area contributed by atoms with Crippen LogP contribution in [0.15, 0.2) is 52.9 Å². The van der Waals surface area contributed by atoms with Gasteiger partial charge in [0.2, 0.25) is 5.82 Å². The van der Waals surface area contributed by atoms with Gasteiger partial charge < -0.3 is 14.1 Å². The predicted molar refractivity (Wildman–Crippen MR) is 126 cm³/mol. The van der Waals surface area contributed by atoms with E-state index in [1.165, 1.54) is 0 Å². The molecule has 0 saturated carbocycles. The number of rotatable bonds is 8. The van der Waals surface area contributed by atoms with Crippen molar-refractivity contribution >= 4 is 22.6 Å². The van der Waals surface area contributed by atoms with Crippen molar-refractivity contribution in [2.24, 2.45) is 0 Å². The molecule has 0 saturated heterocycles. The van der Waals surface area contributed by atoms with Gasteiger partial charge in [-0.1, -0.05) is 49.2 Å². The topological polar surface area (TPSA) is 106 Å². The Hall–Kier alpha value is -3.49. The molecule has 0 atom stereocenters. The number of aromatic nitrogens is 6. The molecule has 0 spiro atoms. The zero-order chi connectivity index (χ0) is 22.8. The van der Waals surface area contributed by atoms with Crippen molar-refractivity contribution in [3.05, 3.63) is 71.0 Å². The van der Waals surface area contributed by atoms with Crippen LogP contribution in [-0.2, 0) is 19.6 Å². The lowest BCUT2D eigenvalue weighted by Gasteiger charge is -2.09. The molecular weight excluding hydrogens is 440 g/mol. The van der Waals surface area contributed by atoms with Crippen LogP contribution in [-0.4, -0.2) is 35.3 Å². The summed E-state index contributed by atoms with van der Waals surface area (Å²) in [6.07, 6.45) is 2.86. The number of tetrazole rings is 1. The summed E-state index contributed by atoms with van der Waals surface area (Å²) in [6.45, 7) is 2.43. The van der Waals surface area contributed by atoms with E-state index in [9.17, 15) is 5.11 Å². The minimum Gasteiger partial charge on any atom is -0.459 e. The highest BCUT2D eigenvalue weighted by Crippen LogP contribution is 2.30. The fourth-order valence-electron chi connectivity index (χ4n) is 4.00. The average molecular weight is 463 g/mol. The largest absolute Gasteiger partial charge is 0.459 e. The normalized spacial score (nSPS) is 11.5. The molecule has 9 heteroatoms. The first-order valence-corrected chi connectivity index (χ1v) is 11.3. The fraction of sp³-hybridized carbons (Fsp3) is 0.250. The molecule has 0 fully saturated rings. The number of nitrogens with zero attached hydrogens (tertiary/aromatic N) is 5. The Morgan fingerprint density at radius 3 is 2.73 bits per heavy atom. The Bertz CT molecular complexity index is 1390. The third-order valence-electron chi connectivity index (χ3n) is 5.69. The molecule has 2 N–H and O–H groups in total. The number of aliphatic hydroxyl groups excluding tert-OH is 1. The molecule has 5 aromatic rings. The van der Waals surface area contributed by atoms with E-state index in [4.69, 9.17) is 16.0 Å². The molecule has 3 aromatic heterocycles. The van der Waals surface area contributed by atoms with Gasteiger partial charge in [-0.3, -0.25) is 0 Å². The minimum absolute atomic E-state index is 0.168. The van der Waals surface area contributed by atoms with Crippen molar-refractivity contribution in [2.45, 2.75) is 39.3 Å². The van der Waals surface area contributed by atoms with Crippen LogP contribution in [0.3, 0.4) is 0 Å². The van der Waals surface area contributed by atoms with Gasteiger partial charge in [0.1, 0.15) is 17.2 Å². The molecule has 2 aromatic carbocycles. The first kappa shape index (κ1) is 21.4. The number of hydrogen-bond acceptors (Lipinski definition) is 6. The van der Waals surface area contributed by atoms with E-state index < -0.39 is 0 Å². The molecule has 8 nitrogen and oxygen atoms in total. The van der Waals surface area contributed by atoms with Crippen LogP contribution in [0.25, 0.3) is 33.5 Å². The lowest BCUT2D eigenvalue weighted by molar-refractivity contribution is 0.270. The Balaban J connectivity index is 1.46. The van der Waals surface area contributed by atoms with Crippen molar-refractivity contribution in [2.75, 3.05) is 0 Å². The molecule has 3 heterocycles. The van der Waals surface area contributed by atoms with E-state index in [-0.39, 0.29) is 6.61 Å². The Morgan fingerprint density at radius 2 is 1.94 bits per heavy atom. The number of aliphatic hydroxyl groups is 1. The summed E-state index contributed by atoms with van der Waals surface area (Å²) in [7, 11) is 0. The first-order chi connectivity index (χ1) is 16.2. The Kier molecular flexibility index (Phi) is 5.93. The Labute approximate surface area is 195 Å². The lowest BCUT2D eigenvalue weighted by atomic mass is 10.0. The third-order valence-corrected chi connectivity index (χ3v) is 5.99. The van der Waals surface area contributed by atoms with Gasteiger partial charge in [-0.25, -0.2) is 4.98 Å². The zero-order valence-corrected chi connectivity index (χ0v) is 18.9. The highest BCUT2D eigenvalue weighted by Gasteiger charge is 2.17. The molecule has 0 radical (unpaired) electrons. The van der Waals surface area contributed by atoms with Gasteiger partial charge in [0.25, 0.3) is 0 Å². The van der Waals surface area contributed by atoms with Gasteiger partial charge in [-0.2, -0.15) is 5.21 Å². The number of imidazole rings is 1. The molecule has 5 rings (SSSR count). The van der Waals surface area contributed by atoms with Crippen LogP contribution in [0.4, 0.5) is 0 Å². The number of hydrogen-bond donors (Lipinski definition) is 2. The van der Waals surface area contributed by atoms with Crippen molar-refractivity contribution in [3.63, 3.8) is 0 Å². The number of H-pyrrole nitrogens is 1. The van der Waals surface area contributed by atoms with Gasteiger partial charge >= 0.3 is 0 Å². The van der Waals surface area contributed by atoms with Gasteiger partial charge in [-0.05, 0) is 47.0 Å². The molecule has 0 aliphatic rings. The van der Waals surface area contributed by atoms with Crippen LogP contribution in [0.2, 0.25) is 5.15 Å². The maximum Gasteiger partial charge on any atom is 0.204 e. The molecule has 0 aliphatic carbocycles. The molecule has 0 unspecified atom stereocenters. The average Bonchev–Trinajstić information content (AvgIpc) is 3.56. The second-order valence-corrected chi connectivity index (χ2v) is 8.25. The zero-order valence-electron chi connectivity index (χ0n) is 18.1. The summed E-state index contributed by atoms with van der Waals surface area (Å²) in [5, 5.41) is 25.4. The van der Waals surface area contributed by atoms with Crippen LogP contribution in [0.1, 0.15) is 37.0 Å². The monoisotopic (exact) mass is 462 g/mol. The molecule has 33 heavy (non-hydrogen) atoms. The molecule has 168 valence electrons. The number of furan rings is 1. The number of benzene rings is 2. The highest BCUT2D eigenvalue weighted by atomic mass is 35.5. The van der Waals surface area contributed by atoms with Gasteiger partial charge in [0.15, 0.2) is 5.15 Å². The molecule has 0 aliphatic heterocycles. The number of aryl methyl sites for hydroxylation is 1. The summed E-state index contributed by atoms with van der Waals surface area (Å²) < 4.78 is 8.07. The van der Waals surface area contributed by atoms with E-state index in [0.29, 0.717) is 23.2 Å². The maximum absolute atomic E-state index is 9.82. The third kappa shape index (κ3) is 4.27. The summed E-state index contributed by atoms with van der Waals surface area (Å²) in [6, 6.07) is 16.1. The smallest absolute Gasteiger partial charge is 0.204 e. The van der Waals surface area contributed by atoms with E-state index >= 15 is 0 Å². The van der Waals surface area contributed by atoms with Gasteiger partial charge in [0, 0.05) is 17.4 Å². The SMILES string of the molecule is CCCCc1nc(Cl)c(CO)n1Cc1cc2cc(-c3cccc(-c4nn[nH]n4)c3)ccc2o1. The molecule has 0 amide bonds. The molecule has 0 bridgehead atoms. The predicted octanol–water partition coefficient (Wildman–Crippen LogP) is 5.01. The summed E-state index contributed by atoms with van der Waals surface area (Å²) in [5.74, 6) is 2.20. The first-order valence-electron chi connectivity index (χ1n) is 10.9. The van der Waals surface area contributed by atoms with Gasteiger partial charge in [-0.15, -0.1) is 10.2 Å². The lowest BCUT2D eigenvalue weighted by Crippen LogP contribution is -2.08. The fourth-order valence-corrected chi connectivity index (χ4v) is 4.26. The van der Waals surface area contributed by atoms with Crippen molar-refractivity contribution in [1.29, 1.82) is 0 Å². The summed E-state index contributed by atoms with van der Waals surface area (Å²) in [5.41, 5.74) is 4.41. The highest BCUT2D eigenvalue weighted by molar-refractivity contribution is 6.30. The summed E-state index contributed by atoms with van der Waals surface area (Å²) in [4.78, 5) is 4.46. The van der Waals surface area contributed by atoms with Crippen LogP contribution in [0, 0.1) is 0 Å². The second kappa shape index (κ2) is 9.17. The number of unbranched alkanes of at least 4 members (excludes halogenated alkanes) is 1. The van der Waals surface area contributed by atoms with E-state index in [0.717, 1.165) is 58.5 Å². The standard InChI is InChI=1S/C24H23ClN6O2/c1-2-3-7-22-26-23(25)20(14-32)31(22)13-19-12-18-11-16(8-9-21(18)33-19)15-5-4-6-17(10-15)24-27-29-30-28-24/h4-6,8-12,32H,2-3,7,13-14H2,1H3,(H,27,28,29,30). The molecular formula is C24H23ClN6O2. The number of nitrogens with one attached hydrogen (secondary N) is 1. The summed E-state index contributed by atoms with van der Waals surface area (Å²) >= 11 is 6.28. The maximum atomic E-state index is 9.82. The van der Waals surface area contributed by atoms with Crippen molar-refractivity contribution in [3.8, 4) is 22.5 Å². The van der Waals surface area contributed by atoms with Crippen molar-refractivity contribution in [1.82, 2.24) is 30.2 Å². The van der Waals surface area contributed by atoms with E-state index in [1.807, 2.05) is 47.0 Å². The Morgan fingerprint density at radius 1 is 1.09 bits per heavy atom. The number of aromatic amines is 1. The van der Waals surface area contributed by atoms with E-state index in [1.54, 1.807) is 0 Å². The van der Waals surface area contributed by atoms with Gasteiger partial charge in [0.05, 0.1) is 18.8 Å². The van der Waals surface area contributed by atoms with Crippen molar-refractivity contribution < 1.29 is 9.52 Å². The minimum atomic E-state index is -0.168. The second-order valence-electron chi connectivity index (χ2n) is 7.89. The van der Waals surface area contributed by atoms with Crippen LogP contribution in [0.5, 0.6) is 0 Å². The van der Waals surface area contributed by atoms with Crippen LogP contribution < -0.4 is 0 Å². The van der Waals surface area contributed by atoms with E-state index in [2.05, 4.69) is 38.6 Å². The number of halogens is 1.